The summed E-state index contributed by atoms with van der Waals surface area (Å²) in [5, 5.41) is 0. The van der Waals surface area contributed by atoms with E-state index in [1.165, 1.54) is 83.5 Å². The molecule has 2 aliphatic carbocycles. The van der Waals surface area contributed by atoms with Crippen LogP contribution in [0.5, 0.6) is 0 Å². The van der Waals surface area contributed by atoms with Crippen LogP contribution in [-0.2, 0) is 5.41 Å². The molecule has 8 aromatic carbocycles. The minimum Gasteiger partial charge on any atom is -0.0622 e. The summed E-state index contributed by atoms with van der Waals surface area (Å²) in [7, 11) is 0. The van der Waals surface area contributed by atoms with Crippen LogP contribution >= 0.6 is 0 Å². The Kier molecular flexibility index (Phi) is 6.57. The Labute approximate surface area is 294 Å². The minimum atomic E-state index is -0.378. The molecule has 0 aromatic heterocycles. The SMILES string of the molecule is c1ccc(-c2cccc(C(c3cccc(-c4ccccc4)c3)c3cccc4c3-c3ccccc3C43c4ccccc4-c4ccccc43)c2)cc1. The second-order valence-corrected chi connectivity index (χ2v) is 13.6. The Bertz CT molecular complexity index is 2410. The number of benzene rings is 8. The average Bonchev–Trinajstić information content (AvgIpc) is 3.67. The normalized spacial score (nSPS) is 13.1. The second kappa shape index (κ2) is 11.4. The van der Waals surface area contributed by atoms with Crippen LogP contribution in [0, 0.1) is 0 Å². The predicted octanol–water partition coefficient (Wildman–Crippen LogP) is 12.5. The zero-order valence-electron chi connectivity index (χ0n) is 27.6. The van der Waals surface area contributed by atoms with Crippen LogP contribution in [0.15, 0.2) is 200 Å². The van der Waals surface area contributed by atoms with E-state index in [2.05, 4.69) is 200 Å². The van der Waals surface area contributed by atoms with Gasteiger partial charge in [-0.05, 0) is 83.5 Å². The van der Waals surface area contributed by atoms with Gasteiger partial charge in [0.25, 0.3) is 0 Å². The van der Waals surface area contributed by atoms with Crippen molar-refractivity contribution >= 4 is 0 Å². The van der Waals surface area contributed by atoms with Gasteiger partial charge in [-0.1, -0.05) is 200 Å². The highest BCUT2D eigenvalue weighted by Crippen LogP contribution is 2.64. The Morgan fingerprint density at radius 2 is 0.700 bits per heavy atom. The lowest BCUT2D eigenvalue weighted by molar-refractivity contribution is 0.792. The van der Waals surface area contributed by atoms with Gasteiger partial charge in [-0.15, -0.1) is 0 Å². The lowest BCUT2D eigenvalue weighted by Gasteiger charge is -2.31. The largest absolute Gasteiger partial charge is 0.0725 e. The van der Waals surface area contributed by atoms with Crippen molar-refractivity contribution in [1.29, 1.82) is 0 Å². The smallest absolute Gasteiger partial charge is 0.0622 e. The van der Waals surface area contributed by atoms with Crippen LogP contribution in [0.25, 0.3) is 44.5 Å². The van der Waals surface area contributed by atoms with Gasteiger partial charge in [-0.2, -0.15) is 0 Å². The molecule has 0 aliphatic heterocycles. The molecule has 10 rings (SSSR count). The van der Waals surface area contributed by atoms with E-state index in [1.807, 2.05) is 0 Å². The summed E-state index contributed by atoms with van der Waals surface area (Å²) in [6, 6.07) is 74.3. The van der Waals surface area contributed by atoms with Crippen molar-refractivity contribution in [2.45, 2.75) is 11.3 Å². The Balaban J connectivity index is 1.27. The first-order valence-corrected chi connectivity index (χ1v) is 17.6. The van der Waals surface area contributed by atoms with E-state index >= 15 is 0 Å². The van der Waals surface area contributed by atoms with Crippen molar-refractivity contribution in [3.05, 3.63) is 239 Å². The quantitative estimate of drug-likeness (QED) is 0.165. The summed E-state index contributed by atoms with van der Waals surface area (Å²) in [6.45, 7) is 0. The maximum Gasteiger partial charge on any atom is 0.0725 e. The molecule has 0 N–H and O–H groups in total. The van der Waals surface area contributed by atoms with Gasteiger partial charge in [0, 0.05) is 5.92 Å². The Morgan fingerprint density at radius 3 is 1.24 bits per heavy atom. The third-order valence-electron chi connectivity index (χ3n) is 11.0. The molecule has 0 amide bonds. The molecule has 0 bridgehead atoms. The Morgan fingerprint density at radius 1 is 0.300 bits per heavy atom. The Hall–Kier alpha value is -6.24. The van der Waals surface area contributed by atoms with Gasteiger partial charge in [0.05, 0.1) is 5.41 Å². The first-order chi connectivity index (χ1) is 24.8. The molecule has 2 aliphatic rings. The third kappa shape index (κ3) is 4.18. The van der Waals surface area contributed by atoms with E-state index in [0.29, 0.717) is 0 Å². The first-order valence-electron chi connectivity index (χ1n) is 17.6. The van der Waals surface area contributed by atoms with E-state index in [4.69, 9.17) is 0 Å². The van der Waals surface area contributed by atoms with Crippen LogP contribution in [0.2, 0.25) is 0 Å². The van der Waals surface area contributed by atoms with Gasteiger partial charge < -0.3 is 0 Å². The number of rotatable bonds is 5. The molecule has 0 nitrogen and oxygen atoms in total. The van der Waals surface area contributed by atoms with Crippen molar-refractivity contribution in [2.24, 2.45) is 0 Å². The topological polar surface area (TPSA) is 0 Å². The molecule has 0 saturated heterocycles. The monoisotopic (exact) mass is 634 g/mol. The molecule has 0 fully saturated rings. The van der Waals surface area contributed by atoms with E-state index in [9.17, 15) is 0 Å². The van der Waals surface area contributed by atoms with Crippen molar-refractivity contribution in [3.8, 4) is 44.5 Å². The van der Waals surface area contributed by atoms with Crippen molar-refractivity contribution in [2.75, 3.05) is 0 Å². The van der Waals surface area contributed by atoms with Crippen molar-refractivity contribution < 1.29 is 0 Å². The molecule has 0 heterocycles. The summed E-state index contributed by atoms with van der Waals surface area (Å²) in [6.07, 6.45) is 0. The molecular formula is C50H34. The zero-order valence-corrected chi connectivity index (χ0v) is 27.6. The first kappa shape index (κ1) is 28.7. The molecule has 234 valence electrons. The maximum atomic E-state index is 2.41. The van der Waals surface area contributed by atoms with E-state index in [1.54, 1.807) is 0 Å². The van der Waals surface area contributed by atoms with Gasteiger partial charge in [-0.3, -0.25) is 0 Å². The van der Waals surface area contributed by atoms with Gasteiger partial charge >= 0.3 is 0 Å². The molecule has 0 saturated carbocycles. The maximum absolute atomic E-state index is 2.41. The average molecular weight is 635 g/mol. The number of hydrogen-bond acceptors (Lipinski definition) is 0. The highest BCUT2D eigenvalue weighted by molar-refractivity contribution is 5.96. The van der Waals surface area contributed by atoms with E-state index in [0.717, 1.165) is 0 Å². The summed E-state index contributed by atoms with van der Waals surface area (Å²) in [5.41, 5.74) is 19.3. The van der Waals surface area contributed by atoms with Crippen molar-refractivity contribution in [3.63, 3.8) is 0 Å². The van der Waals surface area contributed by atoms with Gasteiger partial charge in [-0.25, -0.2) is 0 Å². The highest BCUT2D eigenvalue weighted by Gasteiger charge is 2.52. The molecule has 1 spiro atoms. The molecule has 0 atom stereocenters. The van der Waals surface area contributed by atoms with E-state index in [-0.39, 0.29) is 11.3 Å². The molecule has 0 unspecified atom stereocenters. The summed E-state index contributed by atoms with van der Waals surface area (Å²) >= 11 is 0. The number of hydrogen-bond donors (Lipinski definition) is 0. The van der Waals surface area contributed by atoms with Crippen LogP contribution in [0.4, 0.5) is 0 Å². The fourth-order valence-corrected chi connectivity index (χ4v) is 9.02. The van der Waals surface area contributed by atoms with Gasteiger partial charge in [0.1, 0.15) is 0 Å². The molecular weight excluding hydrogens is 601 g/mol. The van der Waals surface area contributed by atoms with Crippen LogP contribution < -0.4 is 0 Å². The zero-order chi connectivity index (χ0) is 33.1. The minimum absolute atomic E-state index is 0.00683. The fraction of sp³-hybridized carbons (Fsp3) is 0.0400. The molecule has 0 heteroatoms. The molecule has 0 radical (unpaired) electrons. The number of fused-ring (bicyclic) bond motifs is 10. The van der Waals surface area contributed by atoms with Gasteiger partial charge in [0.2, 0.25) is 0 Å². The summed E-state index contributed by atoms with van der Waals surface area (Å²) in [5.74, 6) is 0.00683. The second-order valence-electron chi connectivity index (χ2n) is 13.6. The van der Waals surface area contributed by atoms with Gasteiger partial charge in [0.15, 0.2) is 0 Å². The van der Waals surface area contributed by atoms with Crippen LogP contribution in [-0.4, -0.2) is 0 Å². The fourth-order valence-electron chi connectivity index (χ4n) is 9.02. The lowest BCUT2D eigenvalue weighted by atomic mass is 9.70. The van der Waals surface area contributed by atoms with E-state index < -0.39 is 0 Å². The summed E-state index contributed by atoms with van der Waals surface area (Å²) in [4.78, 5) is 0. The summed E-state index contributed by atoms with van der Waals surface area (Å²) < 4.78 is 0. The lowest BCUT2D eigenvalue weighted by Crippen LogP contribution is -2.25. The van der Waals surface area contributed by atoms with Crippen LogP contribution in [0.3, 0.4) is 0 Å². The predicted molar refractivity (Wildman–Crippen MR) is 207 cm³/mol. The van der Waals surface area contributed by atoms with Crippen molar-refractivity contribution in [1.82, 2.24) is 0 Å². The van der Waals surface area contributed by atoms with Crippen LogP contribution in [0.1, 0.15) is 44.9 Å². The molecule has 8 aromatic rings. The standard InChI is InChI=1S/C50H34/c1-3-16-34(17-4-1)36-20-13-22-38(32-36)48(39-23-14-21-37(33-39)35-18-5-2-6-19-35)43-27-15-31-47-49(43)42-26-9-12-30-46(42)50(47)44-28-10-7-24-40(44)41-25-8-11-29-45(41)50/h1-33,48H. The highest BCUT2D eigenvalue weighted by atomic mass is 14.5. The molecule has 50 heavy (non-hydrogen) atoms. The third-order valence-corrected chi connectivity index (χ3v) is 11.0.